The molecule has 1 aliphatic rings. The third kappa shape index (κ3) is 5.89. The predicted octanol–water partition coefficient (Wildman–Crippen LogP) is 14.3. The van der Waals surface area contributed by atoms with Gasteiger partial charge < -0.3 is 0 Å². The molecule has 1 heterocycles. The smallest absolute Gasteiger partial charge is 0.108 e. The summed E-state index contributed by atoms with van der Waals surface area (Å²) in [6, 6.07) is 62.4. The Morgan fingerprint density at radius 3 is 1.46 bits per heavy atom. The van der Waals surface area contributed by atoms with Gasteiger partial charge in [0.25, 0.3) is 0 Å². The fraction of sp³-hybridized carbons (Fsp3) is 0. The molecule has 0 saturated heterocycles. The quantitative estimate of drug-likeness (QED) is 0.101. The van der Waals surface area contributed by atoms with E-state index in [1.54, 1.807) is 0 Å². The van der Waals surface area contributed by atoms with E-state index in [4.69, 9.17) is 10.5 Å². The molecule has 1 aliphatic carbocycles. The minimum atomic E-state index is 0.352. The first-order valence-corrected chi connectivity index (χ1v) is 19.9. The Morgan fingerprint density at radius 1 is 0.424 bits per heavy atom. The molecule has 0 bridgehead atoms. The van der Waals surface area contributed by atoms with Gasteiger partial charge in [-0.05, 0) is 129 Å². The van der Waals surface area contributed by atoms with Gasteiger partial charge in [0.05, 0.1) is 11.4 Å². The highest BCUT2D eigenvalue weighted by Crippen LogP contribution is 2.45. The van der Waals surface area contributed by atoms with Crippen molar-refractivity contribution in [3.63, 3.8) is 0 Å². The third-order valence-corrected chi connectivity index (χ3v) is 11.6. The van der Waals surface area contributed by atoms with Crippen LogP contribution in [0.25, 0.3) is 92.8 Å². The van der Waals surface area contributed by atoms with Crippen molar-refractivity contribution in [3.05, 3.63) is 212 Å². The normalized spacial score (nSPS) is 13.5. The summed E-state index contributed by atoms with van der Waals surface area (Å²) in [6.07, 6.45) is 9.75. The highest BCUT2D eigenvalue weighted by molar-refractivity contribution is 6.52. The lowest BCUT2D eigenvalue weighted by molar-refractivity contribution is 1.33. The minimum Gasteiger partial charge on any atom is -0.299 e. The predicted molar refractivity (Wildman–Crippen MR) is 250 cm³/mol. The second-order valence-corrected chi connectivity index (χ2v) is 15.0. The first-order valence-electron chi connectivity index (χ1n) is 19.9. The third-order valence-electron chi connectivity index (χ3n) is 11.6. The number of nitrogens with zero attached hydrogens (tertiary/aromatic N) is 2. The van der Waals surface area contributed by atoms with E-state index >= 15 is 0 Å². The number of hydrazone groups is 1. The van der Waals surface area contributed by atoms with E-state index in [0.29, 0.717) is 11.4 Å². The number of aromatic nitrogens is 1. The molecule has 0 spiro atoms. The molecule has 9 aromatic carbocycles. The van der Waals surface area contributed by atoms with Crippen molar-refractivity contribution in [3.8, 4) is 33.4 Å². The number of anilines is 1. The molecule has 0 radical (unpaired) electrons. The highest BCUT2D eigenvalue weighted by Gasteiger charge is 2.20. The molecule has 4 heteroatoms. The first-order chi connectivity index (χ1) is 29.2. The van der Waals surface area contributed by atoms with Crippen LogP contribution in [0.1, 0.15) is 5.56 Å². The Labute approximate surface area is 341 Å². The lowest BCUT2D eigenvalue weighted by atomic mass is 9.84. The fourth-order valence-corrected chi connectivity index (χ4v) is 8.98. The highest BCUT2D eigenvalue weighted by atomic mass is 15.3. The van der Waals surface area contributed by atoms with Crippen LogP contribution >= 0.6 is 0 Å². The van der Waals surface area contributed by atoms with E-state index < -0.39 is 0 Å². The van der Waals surface area contributed by atoms with Crippen LogP contribution < -0.4 is 5.43 Å². The van der Waals surface area contributed by atoms with Crippen molar-refractivity contribution < 1.29 is 0 Å². The van der Waals surface area contributed by atoms with Gasteiger partial charge in [-0.1, -0.05) is 158 Å². The summed E-state index contributed by atoms with van der Waals surface area (Å²) in [5, 5.41) is 25.8. The molecule has 0 aliphatic heterocycles. The number of fused-ring (bicyclic) bond motifs is 5. The summed E-state index contributed by atoms with van der Waals surface area (Å²) >= 11 is 0. The summed E-state index contributed by atoms with van der Waals surface area (Å²) in [7, 11) is 0. The van der Waals surface area contributed by atoms with Crippen LogP contribution in [0, 0.1) is 5.41 Å². The number of nitrogens with one attached hydrogen (secondary N) is 2. The largest absolute Gasteiger partial charge is 0.299 e. The molecule has 11 rings (SSSR count). The van der Waals surface area contributed by atoms with Gasteiger partial charge in [-0.2, -0.15) is 5.10 Å². The molecule has 0 saturated carbocycles. The Hall–Kier alpha value is -7.95. The first kappa shape index (κ1) is 34.3. The maximum atomic E-state index is 9.14. The molecule has 2 N–H and O–H groups in total. The van der Waals surface area contributed by atoms with Gasteiger partial charge in [-0.15, -0.1) is 0 Å². The van der Waals surface area contributed by atoms with E-state index in [2.05, 4.69) is 186 Å². The summed E-state index contributed by atoms with van der Waals surface area (Å²) in [4.78, 5) is 4.44. The maximum absolute atomic E-state index is 9.14. The summed E-state index contributed by atoms with van der Waals surface area (Å²) < 4.78 is 0. The number of allylic oxidation sites excluding steroid dienone is 4. The van der Waals surface area contributed by atoms with Crippen LogP contribution in [0.5, 0.6) is 0 Å². The van der Waals surface area contributed by atoms with Crippen LogP contribution in [0.2, 0.25) is 0 Å². The minimum absolute atomic E-state index is 0.352. The molecular weight excluding hydrogens is 717 g/mol. The molecule has 4 nitrogen and oxygen atoms in total. The van der Waals surface area contributed by atoms with Gasteiger partial charge in [0.2, 0.25) is 0 Å². The molecule has 276 valence electrons. The van der Waals surface area contributed by atoms with Crippen molar-refractivity contribution in [2.75, 3.05) is 5.43 Å². The zero-order valence-electron chi connectivity index (χ0n) is 32.0. The molecule has 0 atom stereocenters. The molecule has 0 amide bonds. The van der Waals surface area contributed by atoms with Gasteiger partial charge in [-0.3, -0.25) is 15.8 Å². The fourth-order valence-electron chi connectivity index (χ4n) is 8.98. The lowest BCUT2D eigenvalue weighted by Gasteiger charge is -2.19. The molecule has 0 unspecified atom stereocenters. The Bertz CT molecular complexity index is 3300. The average molecular weight is 753 g/mol. The van der Waals surface area contributed by atoms with Crippen LogP contribution in [0.4, 0.5) is 5.69 Å². The topological polar surface area (TPSA) is 61.1 Å². The van der Waals surface area contributed by atoms with E-state index in [0.717, 1.165) is 38.7 Å². The summed E-state index contributed by atoms with van der Waals surface area (Å²) in [6.45, 7) is 0. The Morgan fingerprint density at radius 2 is 0.915 bits per heavy atom. The molecule has 10 aromatic rings. The number of benzene rings is 9. The Kier molecular flexibility index (Phi) is 8.26. The SMILES string of the molecule is N=C1C=C(c2c3ccccc3c(-c3ccc4ccccc4c3)c3ccccc23)C=C/C1=N/Nc1ccc(-c2c3ccccc3c(-c3cccnc3)c3ccccc23)cc1. The number of hydrogen-bond donors (Lipinski definition) is 2. The second-order valence-electron chi connectivity index (χ2n) is 15.0. The zero-order valence-corrected chi connectivity index (χ0v) is 32.0. The molecule has 59 heavy (non-hydrogen) atoms. The van der Waals surface area contributed by atoms with Crippen LogP contribution in [-0.2, 0) is 0 Å². The second kappa shape index (κ2) is 14.2. The van der Waals surface area contributed by atoms with Gasteiger partial charge in [0.15, 0.2) is 0 Å². The van der Waals surface area contributed by atoms with Crippen molar-refractivity contribution in [1.82, 2.24) is 4.98 Å². The van der Waals surface area contributed by atoms with Gasteiger partial charge >= 0.3 is 0 Å². The Balaban J connectivity index is 0.922. The van der Waals surface area contributed by atoms with Crippen molar-refractivity contribution in [1.29, 1.82) is 5.41 Å². The van der Waals surface area contributed by atoms with E-state index in [1.165, 1.54) is 65.3 Å². The molecular formula is C55H36N4. The van der Waals surface area contributed by atoms with Crippen molar-refractivity contribution in [2.45, 2.75) is 0 Å². The summed E-state index contributed by atoms with van der Waals surface area (Å²) in [5.74, 6) is 0. The number of pyridine rings is 1. The van der Waals surface area contributed by atoms with Gasteiger partial charge in [0, 0.05) is 18.0 Å². The van der Waals surface area contributed by atoms with Gasteiger partial charge in [-0.25, -0.2) is 0 Å². The molecule has 1 aromatic heterocycles. The summed E-state index contributed by atoms with van der Waals surface area (Å²) in [5.41, 5.74) is 14.2. The van der Waals surface area contributed by atoms with Crippen molar-refractivity contribution >= 4 is 76.5 Å². The lowest BCUT2D eigenvalue weighted by Crippen LogP contribution is -2.13. The monoisotopic (exact) mass is 752 g/mol. The van der Waals surface area contributed by atoms with E-state index in [9.17, 15) is 0 Å². The number of hydrogen-bond acceptors (Lipinski definition) is 4. The average Bonchev–Trinajstić information content (AvgIpc) is 3.30. The van der Waals surface area contributed by atoms with Gasteiger partial charge in [0.1, 0.15) is 5.71 Å². The van der Waals surface area contributed by atoms with Crippen molar-refractivity contribution in [2.24, 2.45) is 5.10 Å². The van der Waals surface area contributed by atoms with E-state index in [1.807, 2.05) is 30.6 Å². The standard InChI is InChI=1S/C55H36N4/c56-50-33-39(54-46-19-7-5-17-44(46)53(45-18-6-8-20-47(45)54)38-24-23-35-12-1-2-13-37(35)32-38)27-30-51(50)59-58-41-28-25-36(26-29-41)52-42-15-3-9-21-48(42)55(40-14-11-31-57-34-40)49-22-10-4-16-43(49)52/h1-34,56,58H/b56-50?,59-51-. The van der Waals surface area contributed by atoms with E-state index in [-0.39, 0.29) is 0 Å². The van der Waals surface area contributed by atoms with Crippen LogP contribution in [0.3, 0.4) is 0 Å². The maximum Gasteiger partial charge on any atom is 0.108 e. The molecule has 0 fully saturated rings. The van der Waals surface area contributed by atoms with Crippen LogP contribution in [0.15, 0.2) is 212 Å². The van der Waals surface area contributed by atoms with Crippen LogP contribution in [-0.4, -0.2) is 16.4 Å². The number of rotatable bonds is 6. The zero-order chi connectivity index (χ0) is 39.3.